The van der Waals surface area contributed by atoms with Crippen LogP contribution in [0.5, 0.6) is 0 Å². The van der Waals surface area contributed by atoms with E-state index in [0.717, 1.165) is 11.6 Å². The fourth-order valence-corrected chi connectivity index (χ4v) is 1.81. The van der Waals surface area contributed by atoms with Crippen molar-refractivity contribution in [2.24, 2.45) is 0 Å². The van der Waals surface area contributed by atoms with Crippen LogP contribution < -0.4 is 10.6 Å². The molecule has 112 valence electrons. The van der Waals surface area contributed by atoms with Crippen LogP contribution >= 0.6 is 11.6 Å². The fraction of sp³-hybridized carbons (Fsp3) is 0.231. The van der Waals surface area contributed by atoms with Gasteiger partial charge in [0.25, 0.3) is 0 Å². The van der Waals surface area contributed by atoms with Crippen molar-refractivity contribution in [1.82, 2.24) is 9.97 Å². The Kier molecular flexibility index (Phi) is 4.22. The smallest absolute Gasteiger partial charge is 0.357 e. The number of nitrogens with one attached hydrogen (secondary N) is 2. The molecule has 0 saturated heterocycles. The fourth-order valence-electron chi connectivity index (χ4n) is 1.64. The van der Waals surface area contributed by atoms with Crippen molar-refractivity contribution in [1.29, 1.82) is 0 Å². The Morgan fingerprint density at radius 3 is 2.48 bits per heavy atom. The van der Waals surface area contributed by atoms with E-state index in [2.05, 4.69) is 20.6 Å². The SMILES string of the molecule is CNc1nc(Nc2cc(C)ccc2Cl)cc(C(F)(F)F)n1. The Bertz CT molecular complexity index is 658. The van der Waals surface area contributed by atoms with Crippen molar-refractivity contribution in [3.05, 3.63) is 40.5 Å². The number of aryl methyl sites for hydroxylation is 1. The predicted molar refractivity (Wildman–Crippen MR) is 76.1 cm³/mol. The third-order valence-electron chi connectivity index (χ3n) is 2.62. The highest BCUT2D eigenvalue weighted by Gasteiger charge is 2.33. The van der Waals surface area contributed by atoms with Crippen molar-refractivity contribution in [2.45, 2.75) is 13.1 Å². The molecule has 2 aromatic rings. The lowest BCUT2D eigenvalue weighted by Gasteiger charge is -2.12. The molecule has 0 saturated carbocycles. The molecular formula is C13H12ClF3N4. The van der Waals surface area contributed by atoms with E-state index in [9.17, 15) is 13.2 Å². The highest BCUT2D eigenvalue weighted by molar-refractivity contribution is 6.33. The highest BCUT2D eigenvalue weighted by Crippen LogP contribution is 2.31. The largest absolute Gasteiger partial charge is 0.433 e. The molecular weight excluding hydrogens is 305 g/mol. The summed E-state index contributed by atoms with van der Waals surface area (Å²) in [6, 6.07) is 6.01. The summed E-state index contributed by atoms with van der Waals surface area (Å²) in [5, 5.41) is 5.66. The minimum absolute atomic E-state index is 0.00850. The third kappa shape index (κ3) is 3.75. The van der Waals surface area contributed by atoms with Gasteiger partial charge >= 0.3 is 6.18 Å². The number of halogens is 4. The maximum Gasteiger partial charge on any atom is 0.433 e. The first-order valence-electron chi connectivity index (χ1n) is 5.97. The van der Waals surface area contributed by atoms with E-state index in [1.54, 1.807) is 18.2 Å². The topological polar surface area (TPSA) is 49.8 Å². The van der Waals surface area contributed by atoms with E-state index < -0.39 is 11.9 Å². The molecule has 1 aromatic carbocycles. The first kappa shape index (κ1) is 15.4. The van der Waals surface area contributed by atoms with Gasteiger partial charge in [-0.25, -0.2) is 4.98 Å². The van der Waals surface area contributed by atoms with Gasteiger partial charge in [0.15, 0.2) is 5.69 Å². The zero-order valence-electron chi connectivity index (χ0n) is 11.2. The molecule has 2 rings (SSSR count). The van der Waals surface area contributed by atoms with Gasteiger partial charge in [0, 0.05) is 13.1 Å². The molecule has 2 N–H and O–H groups in total. The summed E-state index contributed by atoms with van der Waals surface area (Å²) in [7, 11) is 1.44. The van der Waals surface area contributed by atoms with E-state index >= 15 is 0 Å². The summed E-state index contributed by atoms with van der Waals surface area (Å²) in [4.78, 5) is 7.32. The second-order valence-electron chi connectivity index (χ2n) is 4.32. The van der Waals surface area contributed by atoms with Gasteiger partial charge < -0.3 is 10.6 Å². The van der Waals surface area contributed by atoms with Crippen LogP contribution in [0.2, 0.25) is 5.02 Å². The monoisotopic (exact) mass is 316 g/mol. The molecule has 4 nitrogen and oxygen atoms in total. The lowest BCUT2D eigenvalue weighted by Crippen LogP contribution is -2.12. The molecule has 0 aliphatic heterocycles. The van der Waals surface area contributed by atoms with Crippen LogP contribution in [0.3, 0.4) is 0 Å². The molecule has 0 aliphatic carbocycles. The van der Waals surface area contributed by atoms with E-state index in [1.165, 1.54) is 7.05 Å². The van der Waals surface area contributed by atoms with Crippen LogP contribution in [-0.4, -0.2) is 17.0 Å². The Morgan fingerprint density at radius 1 is 1.14 bits per heavy atom. The Hall–Kier alpha value is -2.02. The Labute approximate surface area is 124 Å². The lowest BCUT2D eigenvalue weighted by atomic mass is 10.2. The van der Waals surface area contributed by atoms with Crippen LogP contribution in [0.15, 0.2) is 24.3 Å². The summed E-state index contributed by atoms with van der Waals surface area (Å²) in [6.45, 7) is 1.85. The molecule has 0 atom stereocenters. The molecule has 0 fully saturated rings. The molecule has 0 spiro atoms. The Morgan fingerprint density at radius 2 is 1.86 bits per heavy atom. The van der Waals surface area contributed by atoms with Crippen LogP contribution in [0, 0.1) is 6.92 Å². The maximum atomic E-state index is 12.8. The van der Waals surface area contributed by atoms with Gasteiger partial charge in [-0.05, 0) is 24.6 Å². The summed E-state index contributed by atoms with van der Waals surface area (Å²) in [5.74, 6) is -0.120. The van der Waals surface area contributed by atoms with Crippen molar-refractivity contribution in [2.75, 3.05) is 17.7 Å². The molecule has 1 heterocycles. The molecule has 0 radical (unpaired) electrons. The van der Waals surface area contributed by atoms with Gasteiger partial charge in [0.1, 0.15) is 5.82 Å². The van der Waals surface area contributed by atoms with Crippen molar-refractivity contribution in [3.8, 4) is 0 Å². The van der Waals surface area contributed by atoms with Crippen LogP contribution in [0.4, 0.5) is 30.6 Å². The number of anilines is 3. The normalized spacial score (nSPS) is 11.3. The van der Waals surface area contributed by atoms with Crippen LogP contribution in [0.25, 0.3) is 0 Å². The molecule has 21 heavy (non-hydrogen) atoms. The minimum atomic E-state index is -4.55. The third-order valence-corrected chi connectivity index (χ3v) is 2.95. The van der Waals surface area contributed by atoms with Gasteiger partial charge in [-0.2, -0.15) is 18.2 Å². The first-order valence-corrected chi connectivity index (χ1v) is 6.34. The molecule has 8 heteroatoms. The number of nitrogens with zero attached hydrogens (tertiary/aromatic N) is 2. The quantitative estimate of drug-likeness (QED) is 0.889. The zero-order chi connectivity index (χ0) is 15.6. The van der Waals surface area contributed by atoms with Gasteiger partial charge in [0.05, 0.1) is 10.7 Å². The first-order chi connectivity index (χ1) is 9.79. The predicted octanol–water partition coefficient (Wildman–Crippen LogP) is 4.24. The molecule has 0 bridgehead atoms. The number of hydrogen-bond donors (Lipinski definition) is 2. The van der Waals surface area contributed by atoms with E-state index in [-0.39, 0.29) is 11.8 Å². The molecule has 0 unspecified atom stereocenters. The standard InChI is InChI=1S/C13H12ClF3N4/c1-7-3-4-8(14)9(5-7)19-11-6-10(13(15,16)17)20-12(18-2)21-11/h3-6H,1-2H3,(H2,18,19,20,21). The van der Waals surface area contributed by atoms with Crippen molar-refractivity contribution < 1.29 is 13.2 Å². The molecule has 0 amide bonds. The zero-order valence-corrected chi connectivity index (χ0v) is 12.0. The van der Waals surface area contributed by atoms with E-state index in [0.29, 0.717) is 10.7 Å². The summed E-state index contributed by atoms with van der Waals surface area (Å²) in [5.41, 5.74) is 0.361. The van der Waals surface area contributed by atoms with E-state index in [4.69, 9.17) is 11.6 Å². The average Bonchev–Trinajstić information content (AvgIpc) is 2.41. The number of benzene rings is 1. The van der Waals surface area contributed by atoms with Gasteiger partial charge in [0.2, 0.25) is 5.95 Å². The summed E-state index contributed by atoms with van der Waals surface area (Å²) < 4.78 is 38.4. The van der Waals surface area contributed by atoms with Crippen molar-refractivity contribution in [3.63, 3.8) is 0 Å². The summed E-state index contributed by atoms with van der Waals surface area (Å²) >= 11 is 6.01. The number of rotatable bonds is 3. The van der Waals surface area contributed by atoms with Gasteiger partial charge in [-0.15, -0.1) is 0 Å². The summed E-state index contributed by atoms with van der Waals surface area (Å²) in [6.07, 6.45) is -4.55. The van der Waals surface area contributed by atoms with Gasteiger partial charge in [-0.1, -0.05) is 17.7 Å². The number of aromatic nitrogens is 2. The minimum Gasteiger partial charge on any atom is -0.357 e. The van der Waals surface area contributed by atoms with E-state index in [1.807, 2.05) is 6.92 Å². The van der Waals surface area contributed by atoms with Crippen LogP contribution in [0.1, 0.15) is 11.3 Å². The second-order valence-corrected chi connectivity index (χ2v) is 4.73. The molecule has 0 aliphatic rings. The van der Waals surface area contributed by atoms with Crippen molar-refractivity contribution >= 4 is 29.1 Å². The lowest BCUT2D eigenvalue weighted by molar-refractivity contribution is -0.141. The number of hydrogen-bond acceptors (Lipinski definition) is 4. The second kappa shape index (κ2) is 5.77. The van der Waals surface area contributed by atoms with Gasteiger partial charge in [-0.3, -0.25) is 0 Å². The van der Waals surface area contributed by atoms with Crippen LogP contribution in [-0.2, 0) is 6.18 Å². The average molecular weight is 317 g/mol. The molecule has 1 aromatic heterocycles. The number of alkyl halides is 3. The highest BCUT2D eigenvalue weighted by atomic mass is 35.5. The maximum absolute atomic E-state index is 12.8. The Balaban J connectivity index is 2.42.